The standard InChI is InChI=1S/C14H21ClN4S/c1-4-9-6-7-20-14(9)11(17-16)8-12-13(15)10(5-2)18-19(12)3/h6-7,11,17H,4-5,8,16H2,1-3H3. The van der Waals surface area contributed by atoms with Crippen molar-refractivity contribution < 1.29 is 0 Å². The molecule has 0 spiro atoms. The van der Waals surface area contributed by atoms with Crippen molar-refractivity contribution in [1.82, 2.24) is 15.2 Å². The highest BCUT2D eigenvalue weighted by Gasteiger charge is 2.21. The highest BCUT2D eigenvalue weighted by Crippen LogP contribution is 2.30. The summed E-state index contributed by atoms with van der Waals surface area (Å²) >= 11 is 8.15. The summed E-state index contributed by atoms with van der Waals surface area (Å²) in [4.78, 5) is 1.28. The van der Waals surface area contributed by atoms with Crippen molar-refractivity contribution in [3.05, 3.63) is 38.3 Å². The van der Waals surface area contributed by atoms with Gasteiger partial charge in [0.15, 0.2) is 0 Å². The molecule has 0 amide bonds. The van der Waals surface area contributed by atoms with Gasteiger partial charge in [-0.2, -0.15) is 5.10 Å². The quantitative estimate of drug-likeness (QED) is 0.637. The second-order valence-corrected chi connectivity index (χ2v) is 6.10. The van der Waals surface area contributed by atoms with Crippen LogP contribution in [0.4, 0.5) is 0 Å². The Kier molecular flexibility index (Phi) is 5.21. The molecule has 20 heavy (non-hydrogen) atoms. The molecule has 2 aromatic rings. The molecule has 0 saturated heterocycles. The van der Waals surface area contributed by atoms with E-state index in [9.17, 15) is 0 Å². The van der Waals surface area contributed by atoms with Crippen molar-refractivity contribution in [2.75, 3.05) is 0 Å². The summed E-state index contributed by atoms with van der Waals surface area (Å²) in [6.07, 6.45) is 2.59. The van der Waals surface area contributed by atoms with E-state index >= 15 is 0 Å². The van der Waals surface area contributed by atoms with Crippen LogP contribution in [-0.4, -0.2) is 9.78 Å². The van der Waals surface area contributed by atoms with E-state index in [1.54, 1.807) is 11.3 Å². The Morgan fingerprint density at radius 1 is 1.45 bits per heavy atom. The molecule has 0 aliphatic carbocycles. The minimum absolute atomic E-state index is 0.0718. The third-order valence-electron chi connectivity index (χ3n) is 3.58. The van der Waals surface area contributed by atoms with Gasteiger partial charge < -0.3 is 0 Å². The number of halogens is 1. The predicted molar refractivity (Wildman–Crippen MR) is 85.1 cm³/mol. The average Bonchev–Trinajstić information content (AvgIpc) is 3.02. The van der Waals surface area contributed by atoms with Crippen LogP contribution in [0.3, 0.4) is 0 Å². The van der Waals surface area contributed by atoms with Crippen molar-refractivity contribution in [3.63, 3.8) is 0 Å². The molecule has 2 heterocycles. The zero-order valence-electron chi connectivity index (χ0n) is 12.1. The third kappa shape index (κ3) is 2.91. The highest BCUT2D eigenvalue weighted by molar-refractivity contribution is 7.10. The topological polar surface area (TPSA) is 55.9 Å². The lowest BCUT2D eigenvalue weighted by atomic mass is 10.0. The van der Waals surface area contributed by atoms with Crippen molar-refractivity contribution in [3.8, 4) is 0 Å². The molecule has 0 saturated carbocycles. The van der Waals surface area contributed by atoms with E-state index in [2.05, 4.69) is 35.8 Å². The molecule has 0 radical (unpaired) electrons. The van der Waals surface area contributed by atoms with Crippen molar-refractivity contribution >= 4 is 22.9 Å². The normalized spacial score (nSPS) is 12.8. The minimum atomic E-state index is 0.0718. The largest absolute Gasteiger partial charge is 0.271 e. The van der Waals surface area contributed by atoms with Gasteiger partial charge in [0.25, 0.3) is 0 Å². The molecule has 0 aliphatic rings. The number of nitrogens with two attached hydrogens (primary N) is 1. The molecule has 2 rings (SSSR count). The Hall–Kier alpha value is -0.880. The van der Waals surface area contributed by atoms with Gasteiger partial charge in [0, 0.05) is 18.3 Å². The molecule has 4 nitrogen and oxygen atoms in total. The Bertz CT molecular complexity index is 576. The number of rotatable bonds is 6. The van der Waals surface area contributed by atoms with Crippen LogP contribution >= 0.6 is 22.9 Å². The zero-order chi connectivity index (χ0) is 14.7. The Morgan fingerprint density at radius 2 is 2.20 bits per heavy atom. The van der Waals surface area contributed by atoms with Crippen LogP contribution < -0.4 is 11.3 Å². The maximum Gasteiger partial charge on any atom is 0.0850 e. The van der Waals surface area contributed by atoms with Gasteiger partial charge in [0.2, 0.25) is 0 Å². The number of hydrazine groups is 1. The maximum absolute atomic E-state index is 6.42. The van der Waals surface area contributed by atoms with Crippen LogP contribution in [0.2, 0.25) is 5.02 Å². The van der Waals surface area contributed by atoms with Crippen LogP contribution in [-0.2, 0) is 26.3 Å². The van der Waals surface area contributed by atoms with E-state index in [0.29, 0.717) is 0 Å². The van der Waals surface area contributed by atoms with Crippen LogP contribution in [0.25, 0.3) is 0 Å². The van der Waals surface area contributed by atoms with E-state index in [1.165, 1.54) is 10.4 Å². The number of thiophene rings is 1. The fraction of sp³-hybridized carbons (Fsp3) is 0.500. The van der Waals surface area contributed by atoms with E-state index in [4.69, 9.17) is 17.4 Å². The second kappa shape index (κ2) is 6.72. The van der Waals surface area contributed by atoms with Crippen LogP contribution in [0, 0.1) is 0 Å². The summed E-state index contributed by atoms with van der Waals surface area (Å²) in [5.74, 6) is 5.76. The second-order valence-electron chi connectivity index (χ2n) is 4.77. The first kappa shape index (κ1) is 15.5. The number of nitrogens with one attached hydrogen (secondary N) is 1. The highest BCUT2D eigenvalue weighted by atomic mass is 35.5. The Balaban J connectivity index is 2.29. The molecule has 0 aliphatic heterocycles. The SMILES string of the molecule is CCc1ccsc1C(Cc1c(Cl)c(CC)nn1C)NN. The van der Waals surface area contributed by atoms with Crippen LogP contribution in [0.15, 0.2) is 11.4 Å². The summed E-state index contributed by atoms with van der Waals surface area (Å²) in [6, 6.07) is 2.23. The van der Waals surface area contributed by atoms with E-state index < -0.39 is 0 Å². The Labute approximate surface area is 128 Å². The van der Waals surface area contributed by atoms with Gasteiger partial charge in [-0.1, -0.05) is 25.4 Å². The first-order valence-corrected chi connectivity index (χ1v) is 8.10. The number of hydrogen-bond donors (Lipinski definition) is 2. The number of aryl methyl sites for hydroxylation is 3. The Morgan fingerprint density at radius 3 is 2.75 bits per heavy atom. The van der Waals surface area contributed by atoms with Gasteiger partial charge >= 0.3 is 0 Å². The minimum Gasteiger partial charge on any atom is -0.271 e. The third-order valence-corrected chi connectivity index (χ3v) is 5.09. The van der Waals surface area contributed by atoms with E-state index in [0.717, 1.165) is 35.7 Å². The molecule has 1 atom stereocenters. The number of aromatic nitrogens is 2. The zero-order valence-corrected chi connectivity index (χ0v) is 13.7. The first-order valence-electron chi connectivity index (χ1n) is 6.84. The van der Waals surface area contributed by atoms with E-state index in [-0.39, 0.29) is 6.04 Å². The molecule has 0 aromatic carbocycles. The smallest absolute Gasteiger partial charge is 0.0850 e. The molecule has 110 valence electrons. The average molecular weight is 313 g/mol. The molecule has 0 bridgehead atoms. The van der Waals surface area contributed by atoms with Gasteiger partial charge in [-0.3, -0.25) is 16.0 Å². The lowest BCUT2D eigenvalue weighted by Gasteiger charge is -2.16. The summed E-state index contributed by atoms with van der Waals surface area (Å²) in [7, 11) is 1.93. The molecule has 3 N–H and O–H groups in total. The van der Waals surface area contributed by atoms with Gasteiger partial charge in [-0.05, 0) is 29.9 Å². The van der Waals surface area contributed by atoms with Gasteiger partial charge in [0.05, 0.1) is 22.5 Å². The van der Waals surface area contributed by atoms with Crippen molar-refractivity contribution in [2.45, 2.75) is 39.2 Å². The summed E-state index contributed by atoms with van der Waals surface area (Å²) in [5, 5.41) is 7.34. The van der Waals surface area contributed by atoms with E-state index in [1.807, 2.05) is 11.7 Å². The van der Waals surface area contributed by atoms with Gasteiger partial charge in [-0.15, -0.1) is 11.3 Å². The van der Waals surface area contributed by atoms with Gasteiger partial charge in [0.1, 0.15) is 0 Å². The number of hydrogen-bond acceptors (Lipinski definition) is 4. The van der Waals surface area contributed by atoms with Crippen molar-refractivity contribution in [1.29, 1.82) is 0 Å². The molecule has 1 unspecified atom stereocenters. The van der Waals surface area contributed by atoms with Crippen LogP contribution in [0.5, 0.6) is 0 Å². The van der Waals surface area contributed by atoms with Crippen LogP contribution in [0.1, 0.15) is 41.7 Å². The lowest BCUT2D eigenvalue weighted by Crippen LogP contribution is -2.30. The lowest BCUT2D eigenvalue weighted by molar-refractivity contribution is 0.534. The fourth-order valence-corrected chi connectivity index (χ4v) is 3.84. The fourth-order valence-electron chi connectivity index (χ4n) is 2.41. The molecule has 6 heteroatoms. The molecular formula is C14H21ClN4S. The molecule has 0 fully saturated rings. The maximum atomic E-state index is 6.42. The summed E-state index contributed by atoms with van der Waals surface area (Å²) in [6.45, 7) is 4.22. The first-order chi connectivity index (χ1) is 9.62. The van der Waals surface area contributed by atoms with Crippen molar-refractivity contribution in [2.24, 2.45) is 12.9 Å². The predicted octanol–water partition coefficient (Wildman–Crippen LogP) is 3.01. The molecule has 2 aromatic heterocycles. The number of nitrogens with zero attached hydrogens (tertiary/aromatic N) is 2. The monoisotopic (exact) mass is 312 g/mol. The van der Waals surface area contributed by atoms with Gasteiger partial charge in [-0.25, -0.2) is 0 Å². The summed E-state index contributed by atoms with van der Waals surface area (Å²) < 4.78 is 1.87. The molecular weight excluding hydrogens is 292 g/mol. The summed E-state index contributed by atoms with van der Waals surface area (Å²) in [5.41, 5.74) is 6.24.